The zero-order valence-electron chi connectivity index (χ0n) is 10.0. The molecule has 0 aliphatic carbocycles. The first-order chi connectivity index (χ1) is 8.43. The topological polar surface area (TPSA) is 3.24 Å². The number of benzene rings is 2. The number of hydrogen-bond acceptors (Lipinski definition) is 1. The van der Waals surface area contributed by atoms with E-state index in [2.05, 4.69) is 41.3 Å². The Morgan fingerprint density at radius 1 is 1.00 bits per heavy atom. The zero-order chi connectivity index (χ0) is 11.2. The smallest absolute Gasteiger partial charge is 0.0351 e. The molecule has 2 aliphatic heterocycles. The Bertz CT molecular complexity index is 573. The fourth-order valence-corrected chi connectivity index (χ4v) is 3.65. The van der Waals surface area contributed by atoms with E-state index in [0.29, 0.717) is 6.04 Å². The summed E-state index contributed by atoms with van der Waals surface area (Å²) in [5.41, 5.74) is 3.22. The van der Waals surface area contributed by atoms with E-state index in [9.17, 15) is 0 Å². The van der Waals surface area contributed by atoms with Crippen LogP contribution < -0.4 is 0 Å². The van der Waals surface area contributed by atoms with E-state index in [1.807, 2.05) is 0 Å². The van der Waals surface area contributed by atoms with Crippen LogP contribution >= 0.6 is 0 Å². The second-order valence-electron chi connectivity index (χ2n) is 5.30. The molecule has 0 aromatic heterocycles. The highest BCUT2D eigenvalue weighted by Gasteiger charge is 2.31. The fourth-order valence-electron chi connectivity index (χ4n) is 3.65. The number of rotatable bonds is 0. The van der Waals surface area contributed by atoms with Gasteiger partial charge in [0, 0.05) is 12.6 Å². The molecule has 0 bridgehead atoms. The molecule has 2 heterocycles. The molecule has 1 heteroatoms. The van der Waals surface area contributed by atoms with Crippen LogP contribution in [0, 0.1) is 0 Å². The van der Waals surface area contributed by atoms with Crippen LogP contribution in [0.3, 0.4) is 0 Å². The van der Waals surface area contributed by atoms with Crippen LogP contribution in [0.1, 0.15) is 30.0 Å². The Kier molecular flexibility index (Phi) is 2.03. The molecule has 1 nitrogen and oxygen atoms in total. The second-order valence-corrected chi connectivity index (χ2v) is 5.30. The average Bonchev–Trinajstić information content (AvgIpc) is 2.86. The minimum Gasteiger partial charge on any atom is -0.296 e. The van der Waals surface area contributed by atoms with Gasteiger partial charge >= 0.3 is 0 Å². The van der Waals surface area contributed by atoms with Crippen LogP contribution in [0.15, 0.2) is 36.4 Å². The van der Waals surface area contributed by atoms with Crippen molar-refractivity contribution in [3.63, 3.8) is 0 Å². The summed E-state index contributed by atoms with van der Waals surface area (Å²) in [7, 11) is 0. The molecule has 1 unspecified atom stereocenters. The third-order valence-electron chi connectivity index (χ3n) is 4.45. The Hall–Kier alpha value is -1.34. The van der Waals surface area contributed by atoms with Crippen LogP contribution in [0.25, 0.3) is 10.8 Å². The monoisotopic (exact) mass is 223 g/mol. The van der Waals surface area contributed by atoms with E-state index < -0.39 is 0 Å². The highest BCUT2D eigenvalue weighted by Crippen LogP contribution is 2.39. The summed E-state index contributed by atoms with van der Waals surface area (Å²) in [6, 6.07) is 14.2. The van der Waals surface area contributed by atoms with Gasteiger partial charge in [0.25, 0.3) is 0 Å². The molecule has 2 aliphatic rings. The summed E-state index contributed by atoms with van der Waals surface area (Å²) in [6.07, 6.45) is 3.95. The molecule has 0 spiro atoms. The largest absolute Gasteiger partial charge is 0.296 e. The van der Waals surface area contributed by atoms with Gasteiger partial charge in [-0.15, -0.1) is 0 Å². The van der Waals surface area contributed by atoms with E-state index in [1.165, 1.54) is 43.1 Å². The molecule has 2 aromatic carbocycles. The van der Waals surface area contributed by atoms with Gasteiger partial charge < -0.3 is 0 Å². The minimum atomic E-state index is 0.711. The molecule has 86 valence electrons. The van der Waals surface area contributed by atoms with Gasteiger partial charge in [-0.2, -0.15) is 0 Å². The van der Waals surface area contributed by atoms with Crippen LogP contribution in [-0.4, -0.2) is 18.0 Å². The summed E-state index contributed by atoms with van der Waals surface area (Å²) in [6.45, 7) is 2.56. The molecule has 4 rings (SSSR count). The third-order valence-corrected chi connectivity index (χ3v) is 4.45. The number of nitrogens with zero attached hydrogens (tertiary/aromatic N) is 1. The predicted molar refractivity (Wildman–Crippen MR) is 71.2 cm³/mol. The molecule has 0 amide bonds. The maximum Gasteiger partial charge on any atom is 0.0351 e. The van der Waals surface area contributed by atoms with Crippen molar-refractivity contribution in [2.45, 2.75) is 25.3 Å². The van der Waals surface area contributed by atoms with Crippen molar-refractivity contribution in [2.75, 3.05) is 13.1 Å². The Balaban J connectivity index is 1.97. The van der Waals surface area contributed by atoms with Gasteiger partial charge in [0.05, 0.1) is 0 Å². The molecule has 0 N–H and O–H groups in total. The standard InChI is InChI=1S/C16H17N/c1-2-5-13-12(4-1)7-8-15-14(13)9-11-17-10-3-6-16(15)17/h1-2,4-5,7-8,16H,3,6,9-11H2. The summed E-state index contributed by atoms with van der Waals surface area (Å²) in [5.74, 6) is 0. The van der Waals surface area contributed by atoms with Crippen LogP contribution in [0.5, 0.6) is 0 Å². The minimum absolute atomic E-state index is 0.711. The van der Waals surface area contributed by atoms with E-state index in [-0.39, 0.29) is 0 Å². The molecule has 1 fully saturated rings. The summed E-state index contributed by atoms with van der Waals surface area (Å²) in [4.78, 5) is 2.66. The first-order valence-electron chi connectivity index (χ1n) is 6.68. The van der Waals surface area contributed by atoms with E-state index in [4.69, 9.17) is 0 Å². The number of hydrogen-bond donors (Lipinski definition) is 0. The molecule has 0 saturated carbocycles. The van der Waals surface area contributed by atoms with E-state index in [0.717, 1.165) is 0 Å². The van der Waals surface area contributed by atoms with Gasteiger partial charge in [0.1, 0.15) is 0 Å². The molecular formula is C16H17N. The second kappa shape index (κ2) is 3.58. The lowest BCUT2D eigenvalue weighted by molar-refractivity contribution is 0.244. The SMILES string of the molecule is c1ccc2c3c(ccc2c1)C1CCCN1CC3. The molecule has 1 atom stereocenters. The predicted octanol–water partition coefficient (Wildman–Crippen LogP) is 3.53. The highest BCUT2D eigenvalue weighted by molar-refractivity contribution is 5.87. The van der Waals surface area contributed by atoms with Gasteiger partial charge in [-0.25, -0.2) is 0 Å². The van der Waals surface area contributed by atoms with Crippen LogP contribution in [0.4, 0.5) is 0 Å². The van der Waals surface area contributed by atoms with Gasteiger partial charge in [-0.05, 0) is 47.7 Å². The summed E-state index contributed by atoms with van der Waals surface area (Å²) in [5, 5.41) is 2.88. The first-order valence-corrected chi connectivity index (χ1v) is 6.68. The third kappa shape index (κ3) is 1.35. The first kappa shape index (κ1) is 9.67. The van der Waals surface area contributed by atoms with Gasteiger partial charge in [0.2, 0.25) is 0 Å². The van der Waals surface area contributed by atoms with Crippen molar-refractivity contribution in [3.8, 4) is 0 Å². The van der Waals surface area contributed by atoms with Crippen LogP contribution in [-0.2, 0) is 6.42 Å². The fraction of sp³-hybridized carbons (Fsp3) is 0.375. The van der Waals surface area contributed by atoms with Crippen molar-refractivity contribution >= 4 is 10.8 Å². The zero-order valence-corrected chi connectivity index (χ0v) is 10.0. The molecule has 0 radical (unpaired) electrons. The lowest BCUT2D eigenvalue weighted by Crippen LogP contribution is -2.30. The molecule has 1 saturated heterocycles. The Morgan fingerprint density at radius 2 is 1.94 bits per heavy atom. The molecule has 2 aromatic rings. The molecular weight excluding hydrogens is 206 g/mol. The van der Waals surface area contributed by atoms with Crippen molar-refractivity contribution in [3.05, 3.63) is 47.5 Å². The van der Waals surface area contributed by atoms with Crippen molar-refractivity contribution in [1.29, 1.82) is 0 Å². The average molecular weight is 223 g/mol. The lowest BCUT2D eigenvalue weighted by atomic mass is 9.89. The Morgan fingerprint density at radius 3 is 2.94 bits per heavy atom. The highest BCUT2D eigenvalue weighted by atomic mass is 15.2. The van der Waals surface area contributed by atoms with Crippen LogP contribution in [0.2, 0.25) is 0 Å². The summed E-state index contributed by atoms with van der Waals surface area (Å²) < 4.78 is 0. The van der Waals surface area contributed by atoms with Gasteiger partial charge in [0.15, 0.2) is 0 Å². The lowest BCUT2D eigenvalue weighted by Gasteiger charge is -2.32. The van der Waals surface area contributed by atoms with Crippen molar-refractivity contribution in [2.24, 2.45) is 0 Å². The van der Waals surface area contributed by atoms with Crippen molar-refractivity contribution in [1.82, 2.24) is 4.90 Å². The summed E-state index contributed by atoms with van der Waals surface area (Å²) >= 11 is 0. The molecule has 17 heavy (non-hydrogen) atoms. The van der Waals surface area contributed by atoms with Gasteiger partial charge in [-0.3, -0.25) is 4.90 Å². The van der Waals surface area contributed by atoms with E-state index >= 15 is 0 Å². The van der Waals surface area contributed by atoms with Gasteiger partial charge in [-0.1, -0.05) is 36.4 Å². The Labute approximate surface area is 102 Å². The quantitative estimate of drug-likeness (QED) is 0.660. The van der Waals surface area contributed by atoms with E-state index in [1.54, 1.807) is 11.1 Å². The maximum atomic E-state index is 2.66. The normalized spacial score (nSPS) is 23.6. The maximum absolute atomic E-state index is 2.66. The van der Waals surface area contributed by atoms with Crippen molar-refractivity contribution < 1.29 is 0 Å². The number of fused-ring (bicyclic) bond motifs is 5.